The molecule has 0 bridgehead atoms. The average molecular weight is 470 g/mol. The van der Waals surface area contributed by atoms with Gasteiger partial charge in [-0.25, -0.2) is 0 Å². The molecule has 0 radical (unpaired) electrons. The first-order chi connectivity index (χ1) is 16.9. The molecule has 0 saturated heterocycles. The van der Waals surface area contributed by atoms with Crippen LogP contribution in [0, 0.1) is 0 Å². The van der Waals surface area contributed by atoms with Crippen LogP contribution in [0.5, 0.6) is 5.75 Å². The van der Waals surface area contributed by atoms with E-state index in [1.165, 1.54) is 10.5 Å². The minimum Gasteiger partial charge on any atom is -0.497 e. The molecular formula is C29H31N3O3. The molecule has 6 heteroatoms. The van der Waals surface area contributed by atoms with E-state index in [1.807, 2.05) is 66.9 Å². The molecule has 3 aromatic carbocycles. The molecule has 1 atom stereocenters. The van der Waals surface area contributed by atoms with Gasteiger partial charge in [0, 0.05) is 29.8 Å². The highest BCUT2D eigenvalue weighted by Crippen LogP contribution is 2.27. The normalized spacial score (nSPS) is 11.9. The summed E-state index contributed by atoms with van der Waals surface area (Å²) in [6, 6.07) is 22.1. The van der Waals surface area contributed by atoms with Crippen LogP contribution in [0.2, 0.25) is 0 Å². The van der Waals surface area contributed by atoms with E-state index in [1.54, 1.807) is 26.3 Å². The van der Waals surface area contributed by atoms with Gasteiger partial charge < -0.3 is 19.9 Å². The Morgan fingerprint density at radius 1 is 0.943 bits per heavy atom. The highest BCUT2D eigenvalue weighted by molar-refractivity contribution is 5.98. The zero-order valence-corrected chi connectivity index (χ0v) is 20.5. The second-order valence-electron chi connectivity index (χ2n) is 8.98. The van der Waals surface area contributed by atoms with Gasteiger partial charge in [-0.3, -0.25) is 9.59 Å². The van der Waals surface area contributed by atoms with E-state index in [2.05, 4.69) is 24.1 Å². The minimum absolute atomic E-state index is 0.152. The number of benzene rings is 3. The molecule has 180 valence electrons. The summed E-state index contributed by atoms with van der Waals surface area (Å²) in [5.74, 6) is 0.660. The van der Waals surface area contributed by atoms with Crippen molar-refractivity contribution in [3.63, 3.8) is 0 Å². The Labute approximate surface area is 205 Å². The predicted octanol–water partition coefficient (Wildman–Crippen LogP) is 5.68. The van der Waals surface area contributed by atoms with E-state index in [-0.39, 0.29) is 18.2 Å². The molecule has 1 heterocycles. The molecule has 0 spiro atoms. The molecule has 0 aliphatic carbocycles. The number of nitrogens with zero attached hydrogens (tertiary/aromatic N) is 1. The van der Waals surface area contributed by atoms with E-state index < -0.39 is 6.04 Å². The van der Waals surface area contributed by atoms with Crippen molar-refractivity contribution in [3.8, 4) is 5.75 Å². The number of carbonyl (C=O) groups excluding carboxylic acids is 2. The lowest BCUT2D eigenvalue weighted by Crippen LogP contribution is -2.39. The Kier molecular flexibility index (Phi) is 7.20. The Morgan fingerprint density at radius 2 is 1.60 bits per heavy atom. The lowest BCUT2D eigenvalue weighted by Gasteiger charge is -2.28. The fourth-order valence-electron chi connectivity index (χ4n) is 4.21. The van der Waals surface area contributed by atoms with Crippen LogP contribution in [0.25, 0.3) is 10.9 Å². The highest BCUT2D eigenvalue weighted by Gasteiger charge is 2.29. The molecule has 4 rings (SSSR count). The number of hydrogen-bond donors (Lipinski definition) is 2. The van der Waals surface area contributed by atoms with Gasteiger partial charge in [0.15, 0.2) is 0 Å². The van der Waals surface area contributed by atoms with Crippen molar-refractivity contribution < 1.29 is 14.3 Å². The Balaban J connectivity index is 1.59. The minimum atomic E-state index is -0.802. The number of aromatic nitrogens is 1. The summed E-state index contributed by atoms with van der Waals surface area (Å²) in [6.07, 6.45) is 2.04. The van der Waals surface area contributed by atoms with Crippen LogP contribution in [0.15, 0.2) is 79.0 Å². The molecule has 0 unspecified atom stereocenters. The number of nitrogens with one attached hydrogen (secondary N) is 2. The van der Waals surface area contributed by atoms with Crippen LogP contribution in [0.1, 0.15) is 42.5 Å². The molecule has 0 aliphatic rings. The first-order valence-corrected chi connectivity index (χ1v) is 11.7. The number of likely N-dealkylation sites (N-methyl/N-ethyl adjacent to an activating group) is 1. The van der Waals surface area contributed by atoms with E-state index in [0.29, 0.717) is 22.9 Å². The average Bonchev–Trinajstić information content (AvgIpc) is 3.27. The second-order valence-corrected chi connectivity index (χ2v) is 8.98. The summed E-state index contributed by atoms with van der Waals surface area (Å²) >= 11 is 0. The van der Waals surface area contributed by atoms with Gasteiger partial charge >= 0.3 is 0 Å². The maximum atomic E-state index is 13.5. The number of amides is 2. The second kappa shape index (κ2) is 10.5. The Bertz CT molecular complexity index is 1310. The van der Waals surface area contributed by atoms with Crippen LogP contribution in [-0.2, 0) is 16.0 Å². The number of rotatable bonds is 8. The van der Waals surface area contributed by atoms with Crippen molar-refractivity contribution in [3.05, 3.63) is 95.7 Å². The lowest BCUT2D eigenvalue weighted by atomic mass is 10.0. The summed E-state index contributed by atoms with van der Waals surface area (Å²) in [5, 5.41) is 3.99. The number of methoxy groups -OCH3 is 1. The first kappa shape index (κ1) is 24.1. The molecule has 4 aromatic rings. The topological polar surface area (TPSA) is 74.4 Å². The monoisotopic (exact) mass is 469 g/mol. The van der Waals surface area contributed by atoms with Crippen molar-refractivity contribution in [1.82, 2.24) is 9.88 Å². The van der Waals surface area contributed by atoms with E-state index in [9.17, 15) is 9.59 Å². The van der Waals surface area contributed by atoms with E-state index >= 15 is 0 Å². The molecule has 6 nitrogen and oxygen atoms in total. The van der Waals surface area contributed by atoms with Gasteiger partial charge in [0.2, 0.25) is 5.91 Å². The number of para-hydroxylation sites is 1. The van der Waals surface area contributed by atoms with Crippen LogP contribution < -0.4 is 10.1 Å². The molecular weight excluding hydrogens is 438 g/mol. The third-order valence-corrected chi connectivity index (χ3v) is 6.32. The van der Waals surface area contributed by atoms with Crippen LogP contribution in [0.4, 0.5) is 5.69 Å². The molecule has 0 saturated carbocycles. The molecule has 2 N–H and O–H groups in total. The zero-order chi connectivity index (χ0) is 24.9. The number of fused-ring (bicyclic) bond motifs is 1. The lowest BCUT2D eigenvalue weighted by molar-refractivity contribution is -0.136. The molecule has 2 amide bonds. The number of H-pyrrole nitrogens is 1. The molecule has 35 heavy (non-hydrogen) atoms. The Morgan fingerprint density at radius 3 is 2.26 bits per heavy atom. The summed E-state index contributed by atoms with van der Waals surface area (Å²) < 4.78 is 5.27. The van der Waals surface area contributed by atoms with Crippen LogP contribution >= 0.6 is 0 Å². The van der Waals surface area contributed by atoms with Crippen molar-refractivity contribution in [2.45, 2.75) is 32.2 Å². The molecule has 1 aromatic heterocycles. The molecule has 0 aliphatic heterocycles. The fraction of sp³-hybridized carbons (Fsp3) is 0.241. The number of ether oxygens (including phenoxy) is 1. The summed E-state index contributed by atoms with van der Waals surface area (Å²) in [6.45, 7) is 4.25. The van der Waals surface area contributed by atoms with Crippen molar-refractivity contribution in [2.24, 2.45) is 0 Å². The number of anilines is 1. The summed E-state index contributed by atoms with van der Waals surface area (Å²) in [7, 11) is 3.27. The van der Waals surface area contributed by atoms with Crippen molar-refractivity contribution >= 4 is 28.4 Å². The maximum absolute atomic E-state index is 13.5. The van der Waals surface area contributed by atoms with E-state index in [0.717, 1.165) is 16.5 Å². The van der Waals surface area contributed by atoms with Gasteiger partial charge in [-0.2, -0.15) is 0 Å². The first-order valence-electron chi connectivity index (χ1n) is 11.7. The quantitative estimate of drug-likeness (QED) is 0.349. The van der Waals surface area contributed by atoms with Gasteiger partial charge in [-0.1, -0.05) is 56.3 Å². The standard InChI is InChI=1S/C29H31N3O3/c1-19(2)20-9-13-23(14-10-20)31-29(34)28(21-11-15-24(35-4)16-12-21)32(3)27(33)17-22-18-30-26-8-6-5-7-25(22)26/h5-16,18-19,28,30H,17H2,1-4H3,(H,31,34)/t28-/m1/s1. The smallest absolute Gasteiger partial charge is 0.251 e. The van der Waals surface area contributed by atoms with Gasteiger partial charge in [0.25, 0.3) is 5.91 Å². The maximum Gasteiger partial charge on any atom is 0.251 e. The van der Waals surface area contributed by atoms with Gasteiger partial charge in [0.1, 0.15) is 11.8 Å². The number of aromatic amines is 1. The predicted molar refractivity (Wildman–Crippen MR) is 140 cm³/mol. The summed E-state index contributed by atoms with van der Waals surface area (Å²) in [5.41, 5.74) is 4.47. The summed E-state index contributed by atoms with van der Waals surface area (Å²) in [4.78, 5) is 31.6. The third kappa shape index (κ3) is 5.38. The Hall–Kier alpha value is -4.06. The number of carbonyl (C=O) groups is 2. The third-order valence-electron chi connectivity index (χ3n) is 6.32. The van der Waals surface area contributed by atoms with Crippen LogP contribution in [-0.4, -0.2) is 35.9 Å². The molecule has 0 fully saturated rings. The SMILES string of the molecule is COc1ccc([C@H](C(=O)Nc2ccc(C(C)C)cc2)N(C)C(=O)Cc2c[nH]c3ccccc23)cc1. The number of hydrogen-bond acceptors (Lipinski definition) is 3. The van der Waals surface area contributed by atoms with Gasteiger partial charge in [-0.05, 0) is 52.9 Å². The highest BCUT2D eigenvalue weighted by atomic mass is 16.5. The largest absolute Gasteiger partial charge is 0.497 e. The van der Waals surface area contributed by atoms with Gasteiger partial charge in [-0.15, -0.1) is 0 Å². The fourth-order valence-corrected chi connectivity index (χ4v) is 4.21. The van der Waals surface area contributed by atoms with Gasteiger partial charge in [0.05, 0.1) is 13.5 Å². The van der Waals surface area contributed by atoms with Crippen LogP contribution in [0.3, 0.4) is 0 Å². The van der Waals surface area contributed by atoms with Crippen molar-refractivity contribution in [1.29, 1.82) is 0 Å². The van der Waals surface area contributed by atoms with E-state index in [4.69, 9.17) is 4.74 Å². The van der Waals surface area contributed by atoms with Crippen molar-refractivity contribution in [2.75, 3.05) is 19.5 Å². The zero-order valence-electron chi connectivity index (χ0n) is 20.5.